The van der Waals surface area contributed by atoms with Crippen molar-refractivity contribution in [3.8, 4) is 5.75 Å². The van der Waals surface area contributed by atoms with Gasteiger partial charge in [-0.05, 0) is 48.9 Å². The van der Waals surface area contributed by atoms with Crippen LogP contribution in [0, 0.1) is 10.1 Å². The molecule has 0 spiro atoms. The number of nitrogens with zero attached hydrogens (tertiary/aromatic N) is 1. The first-order chi connectivity index (χ1) is 14.8. The summed E-state index contributed by atoms with van der Waals surface area (Å²) in [6.07, 6.45) is -1.28. The normalized spacial score (nSPS) is 12.2. The Morgan fingerprint density at radius 1 is 0.968 bits per heavy atom. The van der Waals surface area contributed by atoms with Crippen LogP contribution in [0.5, 0.6) is 5.75 Å². The van der Waals surface area contributed by atoms with Crippen LogP contribution in [-0.2, 0) is 20.9 Å². The van der Waals surface area contributed by atoms with Gasteiger partial charge in [0.05, 0.1) is 9.82 Å². The van der Waals surface area contributed by atoms with Gasteiger partial charge in [-0.1, -0.05) is 30.3 Å². The second-order valence-corrected chi connectivity index (χ2v) is 8.18. The van der Waals surface area contributed by atoms with Gasteiger partial charge in [0.25, 0.3) is 15.8 Å². The monoisotopic (exact) mass is 441 g/mol. The minimum atomic E-state index is -4.27. The number of non-ortho nitro benzene ring substituents is 1. The zero-order valence-electron chi connectivity index (χ0n) is 16.5. The molecule has 1 unspecified atom stereocenters. The van der Waals surface area contributed by atoms with Crippen molar-refractivity contribution in [3.05, 3.63) is 100 Å². The van der Waals surface area contributed by atoms with E-state index in [-0.39, 0.29) is 16.1 Å². The van der Waals surface area contributed by atoms with Gasteiger partial charge < -0.3 is 4.74 Å². The largest absolute Gasteiger partial charge is 0.489 e. The molecule has 3 rings (SSSR count). The van der Waals surface area contributed by atoms with Crippen molar-refractivity contribution in [3.63, 3.8) is 0 Å². The summed E-state index contributed by atoms with van der Waals surface area (Å²) >= 11 is 0. The van der Waals surface area contributed by atoms with Gasteiger partial charge in [0.1, 0.15) is 18.5 Å². The Kier molecular flexibility index (Phi) is 6.78. The van der Waals surface area contributed by atoms with E-state index in [0.717, 1.165) is 29.8 Å². The number of ketones is 1. The smallest absolute Gasteiger partial charge is 0.297 e. The van der Waals surface area contributed by atoms with Crippen LogP contribution in [0.3, 0.4) is 0 Å². The molecule has 0 bridgehead atoms. The van der Waals surface area contributed by atoms with E-state index in [4.69, 9.17) is 8.92 Å². The third-order valence-electron chi connectivity index (χ3n) is 4.36. The molecule has 160 valence electrons. The van der Waals surface area contributed by atoms with Crippen LogP contribution in [0.25, 0.3) is 0 Å². The second-order valence-electron chi connectivity index (χ2n) is 6.61. The summed E-state index contributed by atoms with van der Waals surface area (Å²) in [5, 5.41) is 10.7. The average molecular weight is 441 g/mol. The molecule has 0 saturated carbocycles. The molecule has 0 heterocycles. The Labute approximate surface area is 179 Å². The molecule has 0 aliphatic heterocycles. The summed E-state index contributed by atoms with van der Waals surface area (Å²) in [6, 6.07) is 20.1. The van der Waals surface area contributed by atoms with E-state index in [1.165, 1.54) is 19.1 Å². The van der Waals surface area contributed by atoms with Crippen LogP contribution in [0.15, 0.2) is 83.8 Å². The van der Waals surface area contributed by atoms with Crippen molar-refractivity contribution in [2.45, 2.75) is 24.5 Å². The molecule has 0 radical (unpaired) electrons. The Morgan fingerprint density at radius 2 is 1.58 bits per heavy atom. The van der Waals surface area contributed by atoms with Crippen molar-refractivity contribution in [1.82, 2.24) is 0 Å². The molecule has 0 amide bonds. The highest BCUT2D eigenvalue weighted by atomic mass is 32.2. The maximum atomic E-state index is 12.6. The highest BCUT2D eigenvalue weighted by Crippen LogP contribution is 2.21. The molecule has 0 aromatic heterocycles. The SMILES string of the molecule is CC(OS(=O)(=O)c1ccc([N+](=O)[O-])cc1)C(=O)c1ccc(OCc2ccccc2)cc1. The number of Topliss-reactive ketones (excluding diaryl/α,β-unsaturated/α-hetero) is 1. The Balaban J connectivity index is 1.63. The van der Waals surface area contributed by atoms with Crippen molar-refractivity contribution in [1.29, 1.82) is 0 Å². The van der Waals surface area contributed by atoms with Gasteiger partial charge in [0.2, 0.25) is 0 Å². The van der Waals surface area contributed by atoms with Crippen molar-refractivity contribution >= 4 is 21.6 Å². The zero-order valence-corrected chi connectivity index (χ0v) is 17.3. The number of carbonyl (C=O) groups is 1. The third-order valence-corrected chi connectivity index (χ3v) is 5.76. The molecule has 0 aliphatic carbocycles. The van der Waals surface area contributed by atoms with E-state index in [2.05, 4.69) is 0 Å². The summed E-state index contributed by atoms with van der Waals surface area (Å²) in [5.41, 5.74) is 1.01. The number of hydrogen-bond acceptors (Lipinski definition) is 7. The number of nitro groups is 1. The zero-order chi connectivity index (χ0) is 22.4. The number of hydrogen-bond donors (Lipinski definition) is 0. The number of ether oxygens (including phenoxy) is 1. The third kappa shape index (κ3) is 5.74. The molecule has 0 aliphatic rings. The first-order valence-electron chi connectivity index (χ1n) is 9.25. The number of benzene rings is 3. The average Bonchev–Trinajstić information content (AvgIpc) is 2.78. The van der Waals surface area contributed by atoms with E-state index >= 15 is 0 Å². The second kappa shape index (κ2) is 9.50. The van der Waals surface area contributed by atoms with Gasteiger partial charge in [-0.15, -0.1) is 0 Å². The van der Waals surface area contributed by atoms with Crippen LogP contribution in [-0.4, -0.2) is 25.2 Å². The van der Waals surface area contributed by atoms with Gasteiger partial charge in [-0.3, -0.25) is 19.1 Å². The molecule has 31 heavy (non-hydrogen) atoms. The summed E-state index contributed by atoms with van der Waals surface area (Å²) in [7, 11) is -4.27. The van der Waals surface area contributed by atoms with Crippen LogP contribution in [0.4, 0.5) is 5.69 Å². The summed E-state index contributed by atoms with van der Waals surface area (Å²) < 4.78 is 35.4. The first kappa shape index (κ1) is 22.1. The topological polar surface area (TPSA) is 113 Å². The molecule has 9 heteroatoms. The predicted octanol–water partition coefficient (Wildman–Crippen LogP) is 4.15. The van der Waals surface area contributed by atoms with Gasteiger partial charge in [-0.2, -0.15) is 8.42 Å². The van der Waals surface area contributed by atoms with E-state index in [9.17, 15) is 23.3 Å². The lowest BCUT2D eigenvalue weighted by molar-refractivity contribution is -0.384. The highest BCUT2D eigenvalue weighted by molar-refractivity contribution is 7.86. The van der Waals surface area contributed by atoms with Crippen LogP contribution >= 0.6 is 0 Å². The lowest BCUT2D eigenvalue weighted by Gasteiger charge is -2.13. The van der Waals surface area contributed by atoms with Gasteiger partial charge in [-0.25, -0.2) is 0 Å². The van der Waals surface area contributed by atoms with Crippen molar-refractivity contribution in [2.24, 2.45) is 0 Å². The fraction of sp³-hybridized carbons (Fsp3) is 0.136. The number of carbonyl (C=O) groups excluding carboxylic acids is 1. The fourth-order valence-corrected chi connectivity index (χ4v) is 3.76. The lowest BCUT2D eigenvalue weighted by Crippen LogP contribution is -2.24. The summed E-state index contributed by atoms with van der Waals surface area (Å²) in [6.45, 7) is 1.70. The van der Waals surface area contributed by atoms with Gasteiger partial charge in [0.15, 0.2) is 5.78 Å². The quantitative estimate of drug-likeness (QED) is 0.212. The van der Waals surface area contributed by atoms with E-state index in [0.29, 0.717) is 12.4 Å². The molecule has 0 fully saturated rings. The fourth-order valence-electron chi connectivity index (χ4n) is 2.71. The van der Waals surface area contributed by atoms with E-state index in [1.54, 1.807) is 12.1 Å². The molecule has 0 N–H and O–H groups in total. The first-order valence-corrected chi connectivity index (χ1v) is 10.7. The van der Waals surface area contributed by atoms with Crippen molar-refractivity contribution in [2.75, 3.05) is 0 Å². The maximum absolute atomic E-state index is 12.6. The summed E-state index contributed by atoms with van der Waals surface area (Å²) in [5.74, 6) is 0.0348. The predicted molar refractivity (Wildman–Crippen MR) is 112 cm³/mol. The maximum Gasteiger partial charge on any atom is 0.297 e. The summed E-state index contributed by atoms with van der Waals surface area (Å²) in [4.78, 5) is 22.3. The standard InChI is InChI=1S/C22H19NO7S/c1-16(30-31(27,28)21-13-9-19(10-14-21)23(25)26)22(24)18-7-11-20(12-8-18)29-15-17-5-3-2-4-6-17/h2-14,16H,15H2,1H3. The number of nitro benzene ring substituents is 1. The molecular formula is C22H19NO7S. The van der Waals surface area contributed by atoms with E-state index < -0.39 is 26.9 Å². The number of rotatable bonds is 9. The molecule has 8 nitrogen and oxygen atoms in total. The molecule has 3 aromatic rings. The highest BCUT2D eigenvalue weighted by Gasteiger charge is 2.25. The Hall–Kier alpha value is -3.56. The van der Waals surface area contributed by atoms with Crippen LogP contribution in [0.2, 0.25) is 0 Å². The minimum Gasteiger partial charge on any atom is -0.489 e. The molecular weight excluding hydrogens is 422 g/mol. The lowest BCUT2D eigenvalue weighted by atomic mass is 10.1. The van der Waals surface area contributed by atoms with Gasteiger partial charge in [0, 0.05) is 17.7 Å². The minimum absolute atomic E-state index is 0.252. The molecule has 3 aromatic carbocycles. The van der Waals surface area contributed by atoms with Crippen molar-refractivity contribution < 1.29 is 27.1 Å². The van der Waals surface area contributed by atoms with E-state index in [1.807, 2.05) is 30.3 Å². The van der Waals surface area contributed by atoms with Crippen LogP contribution < -0.4 is 4.74 Å². The molecule has 1 atom stereocenters. The van der Waals surface area contributed by atoms with Crippen LogP contribution in [0.1, 0.15) is 22.8 Å². The Bertz CT molecular complexity index is 1160. The Morgan fingerprint density at radius 3 is 2.16 bits per heavy atom. The molecule has 0 saturated heterocycles. The van der Waals surface area contributed by atoms with Gasteiger partial charge >= 0.3 is 0 Å².